The van der Waals surface area contributed by atoms with E-state index in [0.29, 0.717) is 28.6 Å². The van der Waals surface area contributed by atoms with Gasteiger partial charge in [-0.05, 0) is 65.8 Å². The Morgan fingerprint density at radius 2 is 1.95 bits per heavy atom. The number of benzene rings is 2. The summed E-state index contributed by atoms with van der Waals surface area (Å²) < 4.78 is 1.60. The molecule has 9 nitrogen and oxygen atoms in total. The third kappa shape index (κ3) is 4.52. The van der Waals surface area contributed by atoms with E-state index in [1.165, 1.54) is 19.3 Å². The molecule has 0 spiro atoms. The number of anilines is 2. The van der Waals surface area contributed by atoms with E-state index in [2.05, 4.69) is 70.5 Å². The first kappa shape index (κ1) is 27.8. The van der Waals surface area contributed by atoms with Crippen molar-refractivity contribution in [3.63, 3.8) is 0 Å². The highest BCUT2D eigenvalue weighted by molar-refractivity contribution is 5.99. The van der Waals surface area contributed by atoms with Crippen molar-refractivity contribution in [3.05, 3.63) is 87.7 Å². The van der Waals surface area contributed by atoms with Crippen molar-refractivity contribution in [2.45, 2.75) is 51.6 Å². The predicted octanol–water partition coefficient (Wildman–Crippen LogP) is 5.27. The molecule has 4 aromatic rings. The zero-order valence-electron chi connectivity index (χ0n) is 25.5. The minimum atomic E-state index is -0.366. The Hall–Kier alpha value is -4.99. The Morgan fingerprint density at radius 3 is 2.64 bits per heavy atom. The number of nitrogens with one attached hydrogen (secondary N) is 4. The van der Waals surface area contributed by atoms with Crippen molar-refractivity contribution in [2.75, 3.05) is 17.2 Å². The van der Waals surface area contributed by atoms with Gasteiger partial charge in [-0.2, -0.15) is 5.26 Å². The van der Waals surface area contributed by atoms with Gasteiger partial charge in [-0.15, -0.1) is 12.0 Å². The minimum Gasteiger partial charge on any atom is -0.383 e. The van der Waals surface area contributed by atoms with E-state index in [9.17, 15) is 10.1 Å². The Bertz CT molecular complexity index is 1990. The summed E-state index contributed by atoms with van der Waals surface area (Å²) in [5.41, 5.74) is 12.0. The van der Waals surface area contributed by atoms with Gasteiger partial charge < -0.3 is 20.6 Å². The number of fused-ring (bicyclic) bond motifs is 2. The average molecular weight is 585 g/mol. The van der Waals surface area contributed by atoms with E-state index >= 15 is 0 Å². The fraction of sp³-hybridized carbons (Fsp3) is 0.343. The first-order valence-corrected chi connectivity index (χ1v) is 15.0. The summed E-state index contributed by atoms with van der Waals surface area (Å²) in [6, 6.07) is 13.6. The largest absolute Gasteiger partial charge is 0.383 e. The highest BCUT2D eigenvalue weighted by Crippen LogP contribution is 2.60. The number of nitriles is 1. The number of rotatable bonds is 7. The van der Waals surface area contributed by atoms with Gasteiger partial charge >= 0.3 is 0 Å². The molecular formula is C35H36N8O. The molecule has 2 aromatic carbocycles. The first-order valence-electron chi connectivity index (χ1n) is 15.0. The molecule has 0 amide bonds. The van der Waals surface area contributed by atoms with Crippen LogP contribution in [0.1, 0.15) is 62.8 Å². The van der Waals surface area contributed by atoms with Crippen LogP contribution in [0.15, 0.2) is 65.5 Å². The van der Waals surface area contributed by atoms with Crippen molar-refractivity contribution in [3.8, 4) is 18.4 Å². The Morgan fingerprint density at radius 1 is 1.16 bits per heavy atom. The zero-order valence-corrected chi connectivity index (χ0v) is 25.5. The smallest absolute Gasteiger partial charge is 0.258 e. The molecule has 3 saturated carbocycles. The summed E-state index contributed by atoms with van der Waals surface area (Å²) in [4.78, 5) is 17.7. The molecule has 0 radical (unpaired) electrons. The molecule has 4 N–H and O–H groups in total. The highest BCUT2D eigenvalue weighted by Gasteiger charge is 2.60. The monoisotopic (exact) mass is 584 g/mol. The van der Waals surface area contributed by atoms with Crippen molar-refractivity contribution >= 4 is 33.1 Å². The molecule has 3 heterocycles. The predicted molar refractivity (Wildman–Crippen MR) is 174 cm³/mol. The number of hydrogen-bond donors (Lipinski definition) is 4. The van der Waals surface area contributed by atoms with Crippen molar-refractivity contribution < 1.29 is 0 Å². The molecule has 0 saturated heterocycles. The van der Waals surface area contributed by atoms with Crippen LogP contribution in [-0.2, 0) is 7.05 Å². The van der Waals surface area contributed by atoms with Crippen LogP contribution >= 0.6 is 0 Å². The molecule has 3 aliphatic carbocycles. The molecule has 222 valence electrons. The molecular weight excluding hydrogens is 548 g/mol. The number of nitrogens with zero attached hydrogens (tertiary/aromatic N) is 4. The van der Waals surface area contributed by atoms with Crippen LogP contribution in [0.4, 0.5) is 11.4 Å². The maximum Gasteiger partial charge on any atom is 0.258 e. The van der Waals surface area contributed by atoms with Gasteiger partial charge in [0.05, 0.1) is 39.6 Å². The molecule has 0 unspecified atom stereocenters. The van der Waals surface area contributed by atoms with Crippen LogP contribution < -0.4 is 27.2 Å². The van der Waals surface area contributed by atoms with Crippen molar-refractivity contribution in [2.24, 2.45) is 18.4 Å². The normalized spacial score (nSPS) is 21.0. The summed E-state index contributed by atoms with van der Waals surface area (Å²) in [6.45, 7) is 7.15. The second kappa shape index (κ2) is 10.0. The van der Waals surface area contributed by atoms with Gasteiger partial charge in [-0.25, -0.2) is 0 Å². The Kier molecular flexibility index (Phi) is 6.35. The fourth-order valence-electron chi connectivity index (χ4n) is 6.72. The van der Waals surface area contributed by atoms with Crippen LogP contribution in [0.25, 0.3) is 21.7 Å². The van der Waals surface area contributed by atoms with Gasteiger partial charge in [0.2, 0.25) is 0 Å². The van der Waals surface area contributed by atoms with Crippen LogP contribution in [-0.4, -0.2) is 26.6 Å². The highest BCUT2D eigenvalue weighted by atomic mass is 16.1. The molecule has 3 fully saturated rings. The van der Waals surface area contributed by atoms with Crippen LogP contribution in [0.2, 0.25) is 0 Å². The fourth-order valence-corrected chi connectivity index (χ4v) is 6.72. The standard InChI is InChI=1S/C35H36N8O/c1-6-22-18-37-31-23(17-36)12-24(13-28(31)30(22)38-20-34(2,3)4)39-32(29-19-43(41-40-29)35-14-21(15-35)16-35)26-8-7-9-27-25(26)10-11-42(5)33(27)44/h1,7-13,18-19,21,32,39-41H,14-16,20H2,2-5H3,(H,37,38)/t21?,32-,35?/m0/s1. The molecule has 1 aliphatic heterocycles. The lowest BCUT2D eigenvalue weighted by Crippen LogP contribution is -2.69. The summed E-state index contributed by atoms with van der Waals surface area (Å²) in [5, 5.41) is 22.0. The average Bonchev–Trinajstić information content (AvgIpc) is 3.43. The van der Waals surface area contributed by atoms with E-state index in [1.54, 1.807) is 24.0 Å². The lowest BCUT2D eigenvalue weighted by molar-refractivity contribution is -0.141. The zero-order chi connectivity index (χ0) is 30.8. The van der Waals surface area contributed by atoms with Gasteiger partial charge in [0.25, 0.3) is 5.56 Å². The lowest BCUT2D eigenvalue weighted by Gasteiger charge is -2.64. The molecule has 2 bridgehead atoms. The van der Waals surface area contributed by atoms with Crippen LogP contribution in [0, 0.1) is 35.0 Å². The van der Waals surface area contributed by atoms with Gasteiger partial charge in [-0.1, -0.05) is 38.8 Å². The van der Waals surface area contributed by atoms with Crippen molar-refractivity contribution in [1.29, 1.82) is 5.26 Å². The maximum atomic E-state index is 13.1. The van der Waals surface area contributed by atoms with E-state index in [-0.39, 0.29) is 22.6 Å². The van der Waals surface area contributed by atoms with Crippen LogP contribution in [0.3, 0.4) is 0 Å². The molecule has 2 aromatic heterocycles. The Balaban J connectivity index is 1.37. The number of hydrogen-bond acceptors (Lipinski definition) is 8. The summed E-state index contributed by atoms with van der Waals surface area (Å²) in [5.74, 6) is 3.60. The number of terminal acetylenes is 1. The number of aryl methyl sites for hydroxylation is 1. The minimum absolute atomic E-state index is 0.00574. The number of aromatic nitrogens is 2. The van der Waals surface area contributed by atoms with E-state index in [4.69, 9.17) is 6.42 Å². The van der Waals surface area contributed by atoms with E-state index in [1.807, 2.05) is 36.4 Å². The molecule has 44 heavy (non-hydrogen) atoms. The van der Waals surface area contributed by atoms with Gasteiger partial charge in [0.1, 0.15) is 6.07 Å². The van der Waals surface area contributed by atoms with Crippen molar-refractivity contribution in [1.82, 2.24) is 25.5 Å². The van der Waals surface area contributed by atoms with Crippen LogP contribution in [0.5, 0.6) is 0 Å². The Labute approximate surface area is 256 Å². The second-order valence-electron chi connectivity index (χ2n) is 13.6. The SMILES string of the molecule is C#Cc1cnc2c(C#N)cc(N[C@H](C3=CN(C45CC(C4)C5)NN3)c3cccc4c(=O)n(C)ccc34)cc2c1NCC(C)(C)C. The lowest BCUT2D eigenvalue weighted by atomic mass is 9.49. The summed E-state index contributed by atoms with van der Waals surface area (Å²) in [6.07, 6.45) is 15.1. The van der Waals surface area contributed by atoms with Gasteiger partial charge in [0, 0.05) is 48.6 Å². The third-order valence-electron chi connectivity index (χ3n) is 9.24. The quantitative estimate of drug-likeness (QED) is 0.218. The van der Waals surface area contributed by atoms with Gasteiger partial charge in [0.15, 0.2) is 0 Å². The first-order chi connectivity index (χ1) is 21.1. The van der Waals surface area contributed by atoms with E-state index in [0.717, 1.165) is 39.3 Å². The summed E-state index contributed by atoms with van der Waals surface area (Å²) in [7, 11) is 1.76. The number of hydrazine groups is 2. The number of pyridine rings is 2. The van der Waals surface area contributed by atoms with Gasteiger partial charge in [-0.3, -0.25) is 14.8 Å². The molecule has 1 atom stereocenters. The maximum absolute atomic E-state index is 13.1. The molecule has 9 heteroatoms. The third-order valence-corrected chi connectivity index (χ3v) is 9.24. The second-order valence-corrected chi connectivity index (χ2v) is 13.6. The topological polar surface area (TPSA) is 110 Å². The molecule has 4 aliphatic rings. The van der Waals surface area contributed by atoms with E-state index < -0.39 is 0 Å². The summed E-state index contributed by atoms with van der Waals surface area (Å²) >= 11 is 0. The molecule has 8 rings (SSSR count).